The van der Waals surface area contributed by atoms with Crippen molar-refractivity contribution in [1.82, 2.24) is 9.97 Å². The average molecular weight is 329 g/mol. The second-order valence-corrected chi connectivity index (χ2v) is 5.79. The molecule has 0 aliphatic rings. The molecule has 112 valence electrons. The lowest BCUT2D eigenvalue weighted by molar-refractivity contribution is -0.139. The van der Waals surface area contributed by atoms with Crippen molar-refractivity contribution in [3.05, 3.63) is 16.2 Å². The van der Waals surface area contributed by atoms with E-state index in [0.29, 0.717) is 10.2 Å². The molecule has 0 spiro atoms. The van der Waals surface area contributed by atoms with E-state index in [4.69, 9.17) is 22.4 Å². The first-order valence-electron chi connectivity index (χ1n) is 6.14. The van der Waals surface area contributed by atoms with E-state index in [1.54, 1.807) is 0 Å². The van der Waals surface area contributed by atoms with Gasteiger partial charge < -0.3 is 16.2 Å². The zero-order chi connectivity index (χ0) is 15.6. The number of primary amides is 1. The number of carboxylic acid groups (broad SMARTS) is 1. The second-order valence-electron chi connectivity index (χ2n) is 4.33. The van der Waals surface area contributed by atoms with E-state index in [1.165, 1.54) is 11.3 Å². The molecule has 1 unspecified atom stereocenters. The van der Waals surface area contributed by atoms with E-state index in [2.05, 4.69) is 15.3 Å². The van der Waals surface area contributed by atoms with Gasteiger partial charge in [0.15, 0.2) is 0 Å². The number of nitrogens with one attached hydrogen (secondary N) is 1. The van der Waals surface area contributed by atoms with Crippen LogP contribution in [0.25, 0.3) is 10.2 Å². The second kappa shape index (κ2) is 6.23. The van der Waals surface area contributed by atoms with Gasteiger partial charge in [0.05, 0.1) is 11.8 Å². The molecule has 9 heteroatoms. The summed E-state index contributed by atoms with van der Waals surface area (Å²) in [6.45, 7) is 2.00. The first-order valence-corrected chi connectivity index (χ1v) is 7.33. The largest absolute Gasteiger partial charge is 0.480 e. The maximum absolute atomic E-state index is 11.2. The normalized spacial score (nSPS) is 12.3. The summed E-state index contributed by atoms with van der Waals surface area (Å²) in [5.41, 5.74) is 5.05. The highest BCUT2D eigenvalue weighted by Crippen LogP contribution is 2.30. The topological polar surface area (TPSA) is 118 Å². The zero-order valence-corrected chi connectivity index (χ0v) is 12.7. The highest BCUT2D eigenvalue weighted by molar-refractivity contribution is 7.18. The Morgan fingerprint density at radius 3 is 2.81 bits per heavy atom. The van der Waals surface area contributed by atoms with Crippen LogP contribution in [0.4, 0.5) is 5.82 Å². The third-order valence-corrected chi connectivity index (χ3v) is 4.12. The van der Waals surface area contributed by atoms with Crippen molar-refractivity contribution in [1.29, 1.82) is 0 Å². The number of amides is 1. The lowest BCUT2D eigenvalue weighted by Gasteiger charge is -2.14. The maximum Gasteiger partial charge on any atom is 0.326 e. The Hall–Kier alpha value is -1.93. The number of anilines is 1. The number of aryl methyl sites for hydroxylation is 1. The molecule has 2 aromatic heterocycles. The number of carbonyl (C=O) groups excluding carboxylic acids is 1. The van der Waals surface area contributed by atoms with E-state index in [-0.39, 0.29) is 17.5 Å². The van der Waals surface area contributed by atoms with Crippen LogP contribution in [0.2, 0.25) is 5.28 Å². The van der Waals surface area contributed by atoms with Crippen LogP contribution < -0.4 is 11.1 Å². The van der Waals surface area contributed by atoms with E-state index in [1.807, 2.05) is 13.0 Å². The molecule has 0 radical (unpaired) electrons. The minimum atomic E-state index is -1.19. The summed E-state index contributed by atoms with van der Waals surface area (Å²) >= 11 is 7.31. The standard InChI is InChI=1S/C12H13ClN4O3S/c1-2-5-3-6-9(16-12(13)17-10(6)21-5)15-7(11(19)20)4-8(14)18/h3,7H,2,4H2,1H3,(H2,14,18)(H,19,20)(H,15,16,17). The van der Waals surface area contributed by atoms with Crippen LogP contribution in [0.5, 0.6) is 0 Å². The van der Waals surface area contributed by atoms with Gasteiger partial charge in [-0.1, -0.05) is 6.92 Å². The van der Waals surface area contributed by atoms with Crippen molar-refractivity contribution in [2.75, 3.05) is 5.32 Å². The van der Waals surface area contributed by atoms with Gasteiger partial charge in [-0.2, -0.15) is 0 Å². The van der Waals surface area contributed by atoms with Gasteiger partial charge in [0, 0.05) is 4.88 Å². The minimum absolute atomic E-state index is 0.0118. The number of fused-ring (bicyclic) bond motifs is 1. The predicted molar refractivity (Wildman–Crippen MR) is 80.7 cm³/mol. The number of carbonyl (C=O) groups is 2. The fourth-order valence-electron chi connectivity index (χ4n) is 1.80. The number of aliphatic carboxylic acids is 1. The van der Waals surface area contributed by atoms with Gasteiger partial charge in [0.25, 0.3) is 0 Å². The van der Waals surface area contributed by atoms with Gasteiger partial charge in [0.2, 0.25) is 11.2 Å². The Kier molecular flexibility index (Phi) is 4.59. The monoisotopic (exact) mass is 328 g/mol. The van der Waals surface area contributed by atoms with Crippen LogP contribution in [-0.2, 0) is 16.0 Å². The quantitative estimate of drug-likeness (QED) is 0.694. The fraction of sp³-hybridized carbons (Fsp3) is 0.333. The average Bonchev–Trinajstić information content (AvgIpc) is 2.80. The molecule has 0 aliphatic heterocycles. The molecule has 4 N–H and O–H groups in total. The molecule has 0 aromatic carbocycles. The molecule has 2 aromatic rings. The number of carboxylic acids is 1. The zero-order valence-electron chi connectivity index (χ0n) is 11.1. The molecule has 0 saturated heterocycles. The summed E-state index contributed by atoms with van der Waals surface area (Å²) in [6, 6.07) is 0.712. The summed E-state index contributed by atoms with van der Waals surface area (Å²) in [7, 11) is 0. The number of hydrogen-bond acceptors (Lipinski definition) is 6. The maximum atomic E-state index is 11.2. The number of aromatic nitrogens is 2. The molecule has 0 bridgehead atoms. The highest BCUT2D eigenvalue weighted by Gasteiger charge is 2.22. The van der Waals surface area contributed by atoms with Crippen molar-refractivity contribution < 1.29 is 14.7 Å². The van der Waals surface area contributed by atoms with Gasteiger partial charge >= 0.3 is 5.97 Å². The van der Waals surface area contributed by atoms with Crippen LogP contribution in [0.1, 0.15) is 18.2 Å². The number of rotatable bonds is 6. The SMILES string of the molecule is CCc1cc2c(NC(CC(N)=O)C(=O)O)nc(Cl)nc2s1. The van der Waals surface area contributed by atoms with Gasteiger partial charge in [0.1, 0.15) is 16.7 Å². The Labute approximate surface area is 129 Å². The molecule has 21 heavy (non-hydrogen) atoms. The van der Waals surface area contributed by atoms with Crippen molar-refractivity contribution in [2.45, 2.75) is 25.8 Å². The fourth-order valence-corrected chi connectivity index (χ4v) is 2.98. The number of halogens is 1. The van der Waals surface area contributed by atoms with E-state index >= 15 is 0 Å². The van der Waals surface area contributed by atoms with E-state index < -0.39 is 17.9 Å². The van der Waals surface area contributed by atoms with Crippen LogP contribution in [0, 0.1) is 0 Å². The molecular formula is C12H13ClN4O3S. The Morgan fingerprint density at radius 2 is 2.24 bits per heavy atom. The molecule has 1 atom stereocenters. The molecule has 1 amide bonds. The Balaban J connectivity index is 2.41. The lowest BCUT2D eigenvalue weighted by Crippen LogP contribution is -2.34. The lowest BCUT2D eigenvalue weighted by atomic mass is 10.2. The van der Waals surface area contributed by atoms with E-state index in [9.17, 15) is 9.59 Å². The van der Waals surface area contributed by atoms with Crippen molar-refractivity contribution >= 4 is 50.8 Å². The van der Waals surface area contributed by atoms with Crippen LogP contribution in [0.15, 0.2) is 6.07 Å². The first-order chi connectivity index (χ1) is 9.90. The number of nitrogens with zero attached hydrogens (tertiary/aromatic N) is 2. The molecule has 0 fully saturated rings. The molecule has 7 nitrogen and oxygen atoms in total. The van der Waals surface area contributed by atoms with Crippen LogP contribution in [0.3, 0.4) is 0 Å². The van der Waals surface area contributed by atoms with Crippen molar-refractivity contribution in [2.24, 2.45) is 5.73 Å². The number of nitrogens with two attached hydrogens (primary N) is 1. The third-order valence-electron chi connectivity index (χ3n) is 2.78. The smallest absolute Gasteiger partial charge is 0.326 e. The molecular weight excluding hydrogens is 316 g/mol. The first kappa shape index (κ1) is 15.5. The summed E-state index contributed by atoms with van der Waals surface area (Å²) in [6.07, 6.45) is 0.477. The van der Waals surface area contributed by atoms with Gasteiger partial charge in [-0.25, -0.2) is 14.8 Å². The van der Waals surface area contributed by atoms with Crippen molar-refractivity contribution in [3.63, 3.8) is 0 Å². The predicted octanol–water partition coefficient (Wildman–Crippen LogP) is 1.65. The highest BCUT2D eigenvalue weighted by atomic mass is 35.5. The summed E-state index contributed by atoms with van der Waals surface area (Å²) in [4.78, 5) is 32.0. The molecule has 0 aliphatic carbocycles. The minimum Gasteiger partial charge on any atom is -0.480 e. The van der Waals surface area contributed by atoms with Crippen LogP contribution >= 0.6 is 22.9 Å². The number of hydrogen-bond donors (Lipinski definition) is 3. The Bertz CT molecular complexity index is 703. The Morgan fingerprint density at radius 1 is 1.52 bits per heavy atom. The van der Waals surface area contributed by atoms with Gasteiger partial charge in [-0.05, 0) is 24.1 Å². The summed E-state index contributed by atoms with van der Waals surface area (Å²) in [5, 5.41) is 12.5. The van der Waals surface area contributed by atoms with E-state index in [0.717, 1.165) is 11.3 Å². The third kappa shape index (κ3) is 3.59. The van der Waals surface area contributed by atoms with Gasteiger partial charge in [-0.15, -0.1) is 11.3 Å². The molecule has 0 saturated carbocycles. The van der Waals surface area contributed by atoms with Crippen LogP contribution in [-0.4, -0.2) is 33.0 Å². The van der Waals surface area contributed by atoms with Gasteiger partial charge in [-0.3, -0.25) is 4.79 Å². The number of thiophene rings is 1. The van der Waals surface area contributed by atoms with Crippen molar-refractivity contribution in [3.8, 4) is 0 Å². The molecule has 2 heterocycles. The summed E-state index contributed by atoms with van der Waals surface area (Å²) in [5.74, 6) is -1.62. The molecule has 2 rings (SSSR count). The summed E-state index contributed by atoms with van der Waals surface area (Å²) < 4.78 is 0.